The van der Waals surface area contributed by atoms with Gasteiger partial charge in [0.05, 0.1) is 18.2 Å². The van der Waals surface area contributed by atoms with E-state index in [-0.39, 0.29) is 28.6 Å². The Morgan fingerprint density at radius 2 is 1.73 bits per heavy atom. The summed E-state index contributed by atoms with van der Waals surface area (Å²) in [6.07, 6.45) is -0.0449. The number of thioether (sulfide) groups is 1. The van der Waals surface area contributed by atoms with Crippen LogP contribution in [0.4, 0.5) is 9.80 Å². The number of esters is 1. The second-order valence-electron chi connectivity index (χ2n) is 10.1. The van der Waals surface area contributed by atoms with Gasteiger partial charge in [-0.3, -0.25) is 14.5 Å². The quantitative estimate of drug-likeness (QED) is 0.610. The number of nitrogens with one attached hydrogen (secondary N) is 1. The fourth-order valence-corrected chi connectivity index (χ4v) is 5.66. The molecule has 3 N–H and O–H groups in total. The maximum Gasteiger partial charge on any atom is 0.411 e. The van der Waals surface area contributed by atoms with E-state index in [0.717, 1.165) is 0 Å². The first-order valence-corrected chi connectivity index (χ1v) is 12.6. The number of ether oxygens (including phenoxy) is 2. The molecule has 2 amide bonds. The van der Waals surface area contributed by atoms with Crippen molar-refractivity contribution in [1.29, 1.82) is 0 Å². The lowest BCUT2D eigenvalue weighted by molar-refractivity contribution is -0.129. The van der Waals surface area contributed by atoms with Gasteiger partial charge in [-0.1, -0.05) is 11.8 Å². The zero-order chi connectivity index (χ0) is 24.7. The van der Waals surface area contributed by atoms with Gasteiger partial charge in [0.2, 0.25) is 11.0 Å². The van der Waals surface area contributed by atoms with Crippen molar-refractivity contribution in [3.8, 4) is 0 Å². The third kappa shape index (κ3) is 6.00. The summed E-state index contributed by atoms with van der Waals surface area (Å²) in [6, 6.07) is -1.55. The maximum absolute atomic E-state index is 13.2. The molecule has 0 radical (unpaired) electrons. The van der Waals surface area contributed by atoms with E-state index >= 15 is 0 Å². The van der Waals surface area contributed by atoms with Gasteiger partial charge < -0.3 is 20.5 Å². The Kier molecular flexibility index (Phi) is 7.05. The van der Waals surface area contributed by atoms with Gasteiger partial charge in [0.25, 0.3) is 0 Å². The molecule has 11 heteroatoms. The van der Waals surface area contributed by atoms with Crippen LogP contribution in [-0.4, -0.2) is 57.0 Å². The molecule has 1 aromatic rings. The highest BCUT2D eigenvalue weighted by Gasteiger charge is 2.42. The molecule has 182 valence electrons. The molecule has 3 rings (SSSR count). The van der Waals surface area contributed by atoms with E-state index in [1.54, 1.807) is 41.5 Å². The number of nitrogen functional groups attached to an aromatic ring is 1. The van der Waals surface area contributed by atoms with Crippen molar-refractivity contribution in [3.63, 3.8) is 0 Å². The molecule has 2 atom stereocenters. The molecule has 0 aromatic carbocycles. The van der Waals surface area contributed by atoms with Crippen molar-refractivity contribution in [1.82, 2.24) is 10.2 Å². The van der Waals surface area contributed by atoms with E-state index < -0.39 is 41.3 Å². The number of amides is 2. The second kappa shape index (κ2) is 9.17. The normalized spacial score (nSPS) is 20.9. The molecule has 1 aromatic heterocycles. The van der Waals surface area contributed by atoms with E-state index in [1.165, 1.54) is 28.0 Å². The lowest BCUT2D eigenvalue weighted by Gasteiger charge is -2.36. The third-order valence-electron chi connectivity index (χ3n) is 4.99. The van der Waals surface area contributed by atoms with Gasteiger partial charge in [0, 0.05) is 17.1 Å². The highest BCUT2D eigenvalue weighted by molar-refractivity contribution is 8.14. The van der Waals surface area contributed by atoms with E-state index in [4.69, 9.17) is 15.2 Å². The van der Waals surface area contributed by atoms with Crippen LogP contribution in [0.15, 0.2) is 0 Å². The van der Waals surface area contributed by atoms with Crippen LogP contribution < -0.4 is 11.1 Å². The fraction of sp³-hybridized carbons (Fsp3) is 0.636. The number of carbonyl (C=O) groups is 4. The van der Waals surface area contributed by atoms with Gasteiger partial charge in [-0.05, 0) is 53.5 Å². The predicted octanol–water partition coefficient (Wildman–Crippen LogP) is 3.10. The molecule has 2 aliphatic rings. The summed E-state index contributed by atoms with van der Waals surface area (Å²) in [4.78, 5) is 53.2. The molecule has 2 aliphatic heterocycles. The molecule has 1 unspecified atom stereocenters. The summed E-state index contributed by atoms with van der Waals surface area (Å²) in [6.45, 7) is 10.6. The van der Waals surface area contributed by atoms with Crippen LogP contribution in [0.3, 0.4) is 0 Å². The van der Waals surface area contributed by atoms with Gasteiger partial charge in [-0.15, -0.1) is 11.3 Å². The van der Waals surface area contributed by atoms with E-state index in [0.29, 0.717) is 22.6 Å². The Hall–Kier alpha value is -2.27. The SMILES string of the molecule is CC(C)(C)OC(=O)c1c(N)sc2c1C[C@@H](C(=O)NC1CCSC1=O)N(C(=O)OC(C)(C)C)C2. The summed E-state index contributed by atoms with van der Waals surface area (Å²) < 4.78 is 11.1. The van der Waals surface area contributed by atoms with Crippen LogP contribution in [0.5, 0.6) is 0 Å². The number of nitrogens with zero attached hydrogens (tertiary/aromatic N) is 1. The highest BCUT2D eigenvalue weighted by atomic mass is 32.2. The highest BCUT2D eigenvalue weighted by Crippen LogP contribution is 2.38. The monoisotopic (exact) mass is 497 g/mol. The molecule has 33 heavy (non-hydrogen) atoms. The predicted molar refractivity (Wildman–Crippen MR) is 127 cm³/mol. The van der Waals surface area contributed by atoms with Crippen LogP contribution in [0.25, 0.3) is 0 Å². The summed E-state index contributed by atoms with van der Waals surface area (Å²) in [7, 11) is 0. The summed E-state index contributed by atoms with van der Waals surface area (Å²) in [5.74, 6) is -0.393. The maximum atomic E-state index is 13.2. The molecule has 9 nitrogen and oxygen atoms in total. The molecule has 0 bridgehead atoms. The Labute approximate surface area is 201 Å². The lowest BCUT2D eigenvalue weighted by Crippen LogP contribution is -2.55. The minimum Gasteiger partial charge on any atom is -0.456 e. The number of nitrogens with two attached hydrogens (primary N) is 1. The zero-order valence-corrected chi connectivity index (χ0v) is 21.4. The molecule has 0 saturated carbocycles. The number of anilines is 1. The van der Waals surface area contributed by atoms with Crippen molar-refractivity contribution >= 4 is 51.2 Å². The number of hydrogen-bond donors (Lipinski definition) is 2. The summed E-state index contributed by atoms with van der Waals surface area (Å²) >= 11 is 2.37. The van der Waals surface area contributed by atoms with Crippen LogP contribution in [0, 0.1) is 0 Å². The molecule has 0 spiro atoms. The Morgan fingerprint density at radius 3 is 2.27 bits per heavy atom. The summed E-state index contributed by atoms with van der Waals surface area (Å²) in [5, 5.41) is 2.95. The van der Waals surface area contributed by atoms with Crippen molar-refractivity contribution in [2.75, 3.05) is 11.5 Å². The number of fused-ring (bicyclic) bond motifs is 1. The fourth-order valence-electron chi connectivity index (χ4n) is 3.64. The molecule has 0 aliphatic carbocycles. The number of hydrogen-bond acceptors (Lipinski definition) is 9. The Bertz CT molecular complexity index is 976. The van der Waals surface area contributed by atoms with Crippen molar-refractivity contribution in [3.05, 3.63) is 16.0 Å². The van der Waals surface area contributed by atoms with Gasteiger partial charge in [0.15, 0.2) is 0 Å². The van der Waals surface area contributed by atoms with Crippen molar-refractivity contribution < 1.29 is 28.7 Å². The zero-order valence-electron chi connectivity index (χ0n) is 19.8. The van der Waals surface area contributed by atoms with Crippen molar-refractivity contribution in [2.24, 2.45) is 0 Å². The third-order valence-corrected chi connectivity index (χ3v) is 7.05. The summed E-state index contributed by atoms with van der Waals surface area (Å²) in [5.41, 5.74) is 5.53. The standard InChI is InChI=1S/C22H31N3O6S2/c1-21(2,3)30-18(27)15-11-9-13(17(26)24-12-7-8-32-19(12)28)25(10-14(11)33-16(15)23)20(29)31-22(4,5)6/h12-13H,7-10,23H2,1-6H3,(H,24,26)/t12?,13-/m0/s1. The van der Waals surface area contributed by atoms with Crippen LogP contribution in [-0.2, 0) is 32.0 Å². The van der Waals surface area contributed by atoms with Gasteiger partial charge in [0.1, 0.15) is 22.2 Å². The first kappa shape index (κ1) is 25.4. The van der Waals surface area contributed by atoms with Crippen LogP contribution >= 0.6 is 23.1 Å². The van der Waals surface area contributed by atoms with Crippen LogP contribution in [0.1, 0.15) is 68.8 Å². The minimum atomic E-state index is -0.957. The molecular formula is C22H31N3O6S2. The lowest BCUT2D eigenvalue weighted by atomic mass is 9.95. The molecule has 1 fully saturated rings. The molecule has 1 saturated heterocycles. The first-order chi connectivity index (χ1) is 15.2. The number of carbonyl (C=O) groups excluding carboxylic acids is 4. The minimum absolute atomic E-state index is 0.0629. The Morgan fingerprint density at radius 1 is 1.09 bits per heavy atom. The van der Waals surface area contributed by atoms with Gasteiger partial charge in [-0.2, -0.15) is 0 Å². The molecule has 3 heterocycles. The number of thiophene rings is 1. The van der Waals surface area contributed by atoms with E-state index in [9.17, 15) is 19.2 Å². The Balaban J connectivity index is 1.94. The van der Waals surface area contributed by atoms with Crippen molar-refractivity contribution in [2.45, 2.75) is 84.2 Å². The first-order valence-electron chi connectivity index (χ1n) is 10.8. The largest absolute Gasteiger partial charge is 0.456 e. The topological polar surface area (TPSA) is 128 Å². The number of rotatable bonds is 3. The average molecular weight is 498 g/mol. The van der Waals surface area contributed by atoms with E-state index in [1.807, 2.05) is 0 Å². The van der Waals surface area contributed by atoms with Gasteiger partial charge in [-0.25, -0.2) is 9.59 Å². The smallest absolute Gasteiger partial charge is 0.411 e. The average Bonchev–Trinajstić information content (AvgIpc) is 3.19. The van der Waals surface area contributed by atoms with E-state index in [2.05, 4.69) is 5.32 Å². The second-order valence-corrected chi connectivity index (χ2v) is 12.3. The van der Waals surface area contributed by atoms with Gasteiger partial charge >= 0.3 is 12.1 Å². The molecular weight excluding hydrogens is 466 g/mol. The van der Waals surface area contributed by atoms with Crippen LogP contribution in [0.2, 0.25) is 0 Å².